The molecule has 252 valence electrons. The lowest BCUT2D eigenvalue weighted by atomic mass is 9.89. The Kier molecular flexibility index (Phi) is 8.23. The van der Waals surface area contributed by atoms with E-state index in [9.17, 15) is 40.5 Å². The predicted octanol–water partition coefficient (Wildman–Crippen LogP) is -1.09. The van der Waals surface area contributed by atoms with Gasteiger partial charge in [-0.1, -0.05) is 6.07 Å². The highest BCUT2D eigenvalue weighted by Crippen LogP contribution is 2.50. The summed E-state index contributed by atoms with van der Waals surface area (Å²) in [7, 11) is 1.35. The van der Waals surface area contributed by atoms with Gasteiger partial charge >= 0.3 is 5.97 Å². The van der Waals surface area contributed by atoms with Crippen LogP contribution in [-0.4, -0.2) is 124 Å². The molecule has 16 nitrogen and oxygen atoms in total. The predicted molar refractivity (Wildman–Crippen MR) is 154 cm³/mol. The fourth-order valence-electron chi connectivity index (χ4n) is 6.12. The van der Waals surface area contributed by atoms with E-state index >= 15 is 0 Å². The summed E-state index contributed by atoms with van der Waals surface area (Å²) in [4.78, 5) is 13.3. The van der Waals surface area contributed by atoms with Crippen LogP contribution in [0.3, 0.4) is 0 Å². The zero-order valence-corrected chi connectivity index (χ0v) is 24.7. The van der Waals surface area contributed by atoms with Gasteiger partial charge in [-0.3, -0.25) is 0 Å². The second-order valence-corrected chi connectivity index (χ2v) is 11.4. The molecule has 2 fully saturated rings. The van der Waals surface area contributed by atoms with Crippen molar-refractivity contribution in [3.8, 4) is 39.9 Å². The number of esters is 1. The van der Waals surface area contributed by atoms with E-state index in [2.05, 4.69) is 0 Å². The summed E-state index contributed by atoms with van der Waals surface area (Å²) in [5, 5.41) is 72.5. The lowest BCUT2D eigenvalue weighted by Gasteiger charge is -2.39. The fourth-order valence-corrected chi connectivity index (χ4v) is 6.12. The standard InChI is InChI=1S/C31H32O16/c1-40-17-5-12-13(6-19(17)45-31-27(38)25(36)24(35)20(7-32)46-31)28(47-30-26(37)23(34)15(33)9-42-30)14-8-41-29(39)22(14)21(12)11-2-3-16-18(4-11)44-10-43-16/h2-6,15,20,23-27,30-38H,7-10H2,1H3. The number of ether oxygens (including phenoxy) is 8. The smallest absolute Gasteiger partial charge is 0.339 e. The number of hydrogen-bond acceptors (Lipinski definition) is 16. The third-order valence-electron chi connectivity index (χ3n) is 8.64. The van der Waals surface area contributed by atoms with Crippen molar-refractivity contribution in [1.82, 2.24) is 0 Å². The van der Waals surface area contributed by atoms with Gasteiger partial charge in [0.25, 0.3) is 0 Å². The molecule has 3 aromatic rings. The first-order valence-electron chi connectivity index (χ1n) is 14.7. The van der Waals surface area contributed by atoms with Gasteiger partial charge in [-0.25, -0.2) is 4.79 Å². The maximum Gasteiger partial charge on any atom is 0.339 e. The number of methoxy groups -OCH3 is 1. The average Bonchev–Trinajstić information content (AvgIpc) is 3.71. The number of carbonyl (C=O) groups excluding carboxylic acids is 1. The Morgan fingerprint density at radius 3 is 2.30 bits per heavy atom. The molecular weight excluding hydrogens is 628 g/mol. The minimum absolute atomic E-state index is 0.0132. The molecule has 0 spiro atoms. The SMILES string of the molecule is COc1cc2c(-c3ccc4c(c3)OCO4)c3c(c(OC4OCC(O)C(O)C4O)c2cc1OC1OC(CO)C(O)C(O)C1O)COC3=O. The van der Waals surface area contributed by atoms with Crippen molar-refractivity contribution < 1.29 is 78.4 Å². The largest absolute Gasteiger partial charge is 0.493 e. The van der Waals surface area contributed by atoms with Crippen LogP contribution >= 0.6 is 0 Å². The second-order valence-electron chi connectivity index (χ2n) is 11.4. The third-order valence-corrected chi connectivity index (χ3v) is 8.64. The molecule has 4 heterocycles. The van der Waals surface area contributed by atoms with Crippen molar-refractivity contribution in [3.05, 3.63) is 41.5 Å². The number of aliphatic hydroxyl groups is 7. The van der Waals surface area contributed by atoms with Crippen molar-refractivity contribution in [2.24, 2.45) is 0 Å². The van der Waals surface area contributed by atoms with Gasteiger partial charge in [-0.2, -0.15) is 0 Å². The molecule has 7 N–H and O–H groups in total. The molecule has 0 aromatic heterocycles. The van der Waals surface area contributed by atoms with Crippen LogP contribution in [0.5, 0.6) is 28.7 Å². The summed E-state index contributed by atoms with van der Waals surface area (Å²) in [5.74, 6) is 0.337. The number of aliphatic hydroxyl groups excluding tert-OH is 7. The maximum absolute atomic E-state index is 13.3. The quantitative estimate of drug-likeness (QED) is 0.149. The van der Waals surface area contributed by atoms with Crippen LogP contribution in [0, 0.1) is 0 Å². The first-order chi connectivity index (χ1) is 22.6. The molecule has 0 aliphatic carbocycles. The number of benzene rings is 3. The molecule has 0 saturated carbocycles. The molecule has 3 aromatic carbocycles. The molecule has 0 bridgehead atoms. The Bertz CT molecular complexity index is 1690. The monoisotopic (exact) mass is 660 g/mol. The van der Waals surface area contributed by atoms with Gasteiger partial charge < -0.3 is 73.6 Å². The van der Waals surface area contributed by atoms with Crippen molar-refractivity contribution in [2.75, 3.05) is 27.1 Å². The lowest BCUT2D eigenvalue weighted by Crippen LogP contribution is -2.60. The molecule has 2 saturated heterocycles. The fraction of sp³-hybridized carbons (Fsp3) is 0.452. The Morgan fingerprint density at radius 2 is 1.53 bits per heavy atom. The molecule has 0 amide bonds. The van der Waals surface area contributed by atoms with Crippen molar-refractivity contribution in [3.63, 3.8) is 0 Å². The van der Waals surface area contributed by atoms with Crippen LogP contribution in [0.15, 0.2) is 30.3 Å². The third kappa shape index (κ3) is 5.27. The van der Waals surface area contributed by atoms with E-state index in [1.165, 1.54) is 19.2 Å². The zero-order valence-electron chi connectivity index (χ0n) is 24.7. The van der Waals surface area contributed by atoms with Crippen LogP contribution < -0.4 is 23.7 Å². The molecule has 16 heteroatoms. The first-order valence-corrected chi connectivity index (χ1v) is 14.7. The highest BCUT2D eigenvalue weighted by atomic mass is 16.7. The average molecular weight is 661 g/mol. The van der Waals surface area contributed by atoms with Crippen molar-refractivity contribution in [2.45, 2.75) is 61.9 Å². The van der Waals surface area contributed by atoms with Crippen LogP contribution in [0.2, 0.25) is 0 Å². The number of carbonyl (C=O) groups is 1. The summed E-state index contributed by atoms with van der Waals surface area (Å²) in [6.07, 6.45) is -14.0. The van der Waals surface area contributed by atoms with Crippen LogP contribution in [0.1, 0.15) is 15.9 Å². The minimum Gasteiger partial charge on any atom is -0.493 e. The van der Waals surface area contributed by atoms with Gasteiger partial charge in [-0.15, -0.1) is 0 Å². The van der Waals surface area contributed by atoms with Crippen LogP contribution in [-0.2, 0) is 20.8 Å². The molecule has 4 aliphatic rings. The van der Waals surface area contributed by atoms with E-state index < -0.39 is 67.9 Å². The van der Waals surface area contributed by atoms with Gasteiger partial charge in [0, 0.05) is 16.5 Å². The molecule has 9 unspecified atom stereocenters. The van der Waals surface area contributed by atoms with Crippen molar-refractivity contribution >= 4 is 16.7 Å². The Balaban J connectivity index is 1.42. The minimum atomic E-state index is -1.74. The molecule has 7 rings (SSSR count). The molecule has 4 aliphatic heterocycles. The number of cyclic esters (lactones) is 1. The zero-order chi connectivity index (χ0) is 33.1. The van der Waals surface area contributed by atoms with Gasteiger partial charge in [-0.05, 0) is 35.2 Å². The first kappa shape index (κ1) is 31.6. The Labute approximate surface area is 265 Å². The molecular formula is C31H32O16. The Hall–Kier alpha value is -3.97. The topological polar surface area (TPSA) is 233 Å². The normalized spacial score (nSPS) is 31.4. The highest BCUT2D eigenvalue weighted by molar-refractivity contribution is 6.14. The van der Waals surface area contributed by atoms with E-state index in [0.29, 0.717) is 28.0 Å². The van der Waals surface area contributed by atoms with Gasteiger partial charge in [0.1, 0.15) is 55.1 Å². The maximum atomic E-state index is 13.3. The van der Waals surface area contributed by atoms with Gasteiger partial charge in [0.15, 0.2) is 23.0 Å². The van der Waals surface area contributed by atoms with E-state index in [1.54, 1.807) is 18.2 Å². The van der Waals surface area contributed by atoms with Gasteiger partial charge in [0.2, 0.25) is 19.4 Å². The van der Waals surface area contributed by atoms with Gasteiger partial charge in [0.05, 0.1) is 25.9 Å². The Morgan fingerprint density at radius 1 is 0.787 bits per heavy atom. The molecule has 47 heavy (non-hydrogen) atoms. The number of fused-ring (bicyclic) bond motifs is 3. The summed E-state index contributed by atoms with van der Waals surface area (Å²) in [5.41, 5.74) is 1.36. The van der Waals surface area contributed by atoms with Crippen LogP contribution in [0.25, 0.3) is 21.9 Å². The van der Waals surface area contributed by atoms with Crippen molar-refractivity contribution in [1.29, 1.82) is 0 Å². The summed E-state index contributed by atoms with van der Waals surface area (Å²) < 4.78 is 45.3. The second kappa shape index (κ2) is 12.2. The summed E-state index contributed by atoms with van der Waals surface area (Å²) in [6, 6.07) is 8.09. The highest BCUT2D eigenvalue weighted by Gasteiger charge is 2.45. The van der Waals surface area contributed by atoms with E-state index in [4.69, 9.17) is 37.9 Å². The summed E-state index contributed by atoms with van der Waals surface area (Å²) in [6.45, 7) is -1.25. The summed E-state index contributed by atoms with van der Waals surface area (Å²) >= 11 is 0. The molecule has 9 atom stereocenters. The number of hydrogen-bond donors (Lipinski definition) is 7. The van der Waals surface area contributed by atoms with E-state index in [-0.39, 0.29) is 53.8 Å². The van der Waals surface area contributed by atoms with E-state index in [0.717, 1.165) is 0 Å². The lowest BCUT2D eigenvalue weighted by molar-refractivity contribution is -0.277. The number of rotatable bonds is 7. The van der Waals surface area contributed by atoms with Crippen LogP contribution in [0.4, 0.5) is 0 Å². The molecule has 0 radical (unpaired) electrons. The van der Waals surface area contributed by atoms with E-state index in [1.807, 2.05) is 0 Å².